The predicted molar refractivity (Wildman–Crippen MR) is 130 cm³/mol. The van der Waals surface area contributed by atoms with Crippen molar-refractivity contribution in [3.05, 3.63) is 53.1 Å². The quantitative estimate of drug-likeness (QED) is 0.648. The third kappa shape index (κ3) is 5.92. The SMILES string of the molecule is Cc1cc(N2CC(C)OC(C)C2)cc(C)c1NCc1ccc(NS(=O)(=O)C(C)C)cc1. The molecule has 6 nitrogen and oxygen atoms in total. The Balaban J connectivity index is 1.67. The van der Waals surface area contributed by atoms with E-state index in [0.717, 1.165) is 24.3 Å². The predicted octanol–water partition coefficient (Wildman–Crippen LogP) is 4.68. The van der Waals surface area contributed by atoms with Crippen LogP contribution in [0.3, 0.4) is 0 Å². The summed E-state index contributed by atoms with van der Waals surface area (Å²) >= 11 is 0. The monoisotopic (exact) mass is 445 g/mol. The van der Waals surface area contributed by atoms with Crippen molar-refractivity contribution < 1.29 is 13.2 Å². The second kappa shape index (κ2) is 9.49. The highest BCUT2D eigenvalue weighted by Crippen LogP contribution is 2.29. The minimum absolute atomic E-state index is 0.232. The maximum atomic E-state index is 12.0. The zero-order valence-electron chi connectivity index (χ0n) is 19.4. The Hall–Kier alpha value is -2.25. The molecule has 0 bridgehead atoms. The molecule has 2 aromatic carbocycles. The summed E-state index contributed by atoms with van der Waals surface area (Å²) < 4.78 is 32.5. The maximum Gasteiger partial charge on any atom is 0.235 e. The maximum absolute atomic E-state index is 12.0. The van der Waals surface area contributed by atoms with Gasteiger partial charge < -0.3 is 15.0 Å². The first kappa shape index (κ1) is 23.4. The van der Waals surface area contributed by atoms with Gasteiger partial charge in [0.15, 0.2) is 0 Å². The molecule has 0 aliphatic carbocycles. The second-order valence-corrected chi connectivity index (χ2v) is 11.1. The lowest BCUT2D eigenvalue weighted by atomic mass is 10.1. The zero-order valence-corrected chi connectivity index (χ0v) is 20.2. The van der Waals surface area contributed by atoms with E-state index in [0.29, 0.717) is 12.2 Å². The van der Waals surface area contributed by atoms with Crippen LogP contribution in [0.5, 0.6) is 0 Å². The highest BCUT2D eigenvalue weighted by atomic mass is 32.2. The molecule has 31 heavy (non-hydrogen) atoms. The van der Waals surface area contributed by atoms with Crippen LogP contribution in [0.4, 0.5) is 17.1 Å². The third-order valence-electron chi connectivity index (χ3n) is 5.61. The summed E-state index contributed by atoms with van der Waals surface area (Å²) in [5.74, 6) is 0. The van der Waals surface area contributed by atoms with E-state index in [1.807, 2.05) is 12.1 Å². The Morgan fingerprint density at radius 1 is 1.03 bits per heavy atom. The van der Waals surface area contributed by atoms with E-state index >= 15 is 0 Å². The van der Waals surface area contributed by atoms with Gasteiger partial charge in [-0.15, -0.1) is 0 Å². The minimum Gasteiger partial charge on any atom is -0.381 e. The van der Waals surface area contributed by atoms with E-state index in [2.05, 4.69) is 54.8 Å². The molecule has 1 heterocycles. The molecule has 7 heteroatoms. The molecule has 2 aromatic rings. The molecule has 1 aliphatic heterocycles. The van der Waals surface area contributed by atoms with E-state index < -0.39 is 15.3 Å². The topological polar surface area (TPSA) is 70.7 Å². The summed E-state index contributed by atoms with van der Waals surface area (Å²) in [6, 6.07) is 12.0. The lowest BCUT2D eigenvalue weighted by Gasteiger charge is -2.37. The van der Waals surface area contributed by atoms with Gasteiger partial charge in [-0.2, -0.15) is 0 Å². The van der Waals surface area contributed by atoms with Crippen molar-refractivity contribution in [2.45, 2.75) is 65.5 Å². The fourth-order valence-electron chi connectivity index (χ4n) is 3.95. The van der Waals surface area contributed by atoms with E-state index in [1.54, 1.807) is 26.0 Å². The summed E-state index contributed by atoms with van der Waals surface area (Å²) in [5, 5.41) is 3.08. The van der Waals surface area contributed by atoms with Crippen LogP contribution in [0.2, 0.25) is 0 Å². The van der Waals surface area contributed by atoms with Gasteiger partial charge >= 0.3 is 0 Å². The van der Waals surface area contributed by atoms with Gasteiger partial charge in [0.05, 0.1) is 17.5 Å². The van der Waals surface area contributed by atoms with Crippen LogP contribution in [-0.2, 0) is 21.3 Å². The Labute approximate surface area is 187 Å². The Morgan fingerprint density at radius 2 is 1.58 bits per heavy atom. The van der Waals surface area contributed by atoms with E-state index in [-0.39, 0.29) is 12.2 Å². The van der Waals surface area contributed by atoms with Crippen molar-refractivity contribution in [1.82, 2.24) is 0 Å². The smallest absolute Gasteiger partial charge is 0.235 e. The van der Waals surface area contributed by atoms with E-state index in [9.17, 15) is 8.42 Å². The number of anilines is 3. The van der Waals surface area contributed by atoms with Crippen molar-refractivity contribution in [3.8, 4) is 0 Å². The van der Waals surface area contributed by atoms with Gasteiger partial charge in [0, 0.05) is 36.7 Å². The number of sulfonamides is 1. The average Bonchev–Trinajstić information content (AvgIpc) is 2.67. The van der Waals surface area contributed by atoms with Crippen molar-refractivity contribution in [2.75, 3.05) is 28.0 Å². The number of rotatable bonds is 7. The van der Waals surface area contributed by atoms with Gasteiger partial charge in [0.1, 0.15) is 0 Å². The third-order valence-corrected chi connectivity index (χ3v) is 7.37. The Bertz CT molecular complexity index is 970. The van der Waals surface area contributed by atoms with E-state index in [4.69, 9.17) is 4.74 Å². The van der Waals surface area contributed by atoms with Gasteiger partial charge in [0.2, 0.25) is 10.0 Å². The summed E-state index contributed by atoms with van der Waals surface area (Å²) in [4.78, 5) is 2.40. The lowest BCUT2D eigenvalue weighted by molar-refractivity contribution is -0.00522. The van der Waals surface area contributed by atoms with Gasteiger partial charge in [-0.3, -0.25) is 4.72 Å². The molecular formula is C24H35N3O3S. The van der Waals surface area contributed by atoms with E-state index in [1.165, 1.54) is 16.8 Å². The molecule has 3 rings (SSSR count). The molecule has 1 aliphatic rings. The molecule has 170 valence electrons. The molecule has 0 radical (unpaired) electrons. The minimum atomic E-state index is -3.33. The van der Waals surface area contributed by atoms with Gasteiger partial charge in [-0.25, -0.2) is 8.42 Å². The number of benzene rings is 2. The van der Waals surface area contributed by atoms with Crippen molar-refractivity contribution >= 4 is 27.1 Å². The standard InChI is InChI=1S/C24H35N3O3S/c1-16(2)31(28,29)26-22-9-7-21(8-10-22)13-25-24-17(3)11-23(12-18(24)4)27-14-19(5)30-20(6)15-27/h7-12,16,19-20,25-26H,13-15H2,1-6H3. The Morgan fingerprint density at radius 3 is 2.10 bits per heavy atom. The van der Waals surface area contributed by atoms with Crippen molar-refractivity contribution in [3.63, 3.8) is 0 Å². The van der Waals surface area contributed by atoms with Crippen LogP contribution in [-0.4, -0.2) is 39.0 Å². The van der Waals surface area contributed by atoms with Crippen LogP contribution in [0, 0.1) is 13.8 Å². The highest BCUT2D eigenvalue weighted by Gasteiger charge is 2.23. The molecule has 1 saturated heterocycles. The number of nitrogens with zero attached hydrogens (tertiary/aromatic N) is 1. The van der Waals surface area contributed by atoms with Crippen LogP contribution in [0.1, 0.15) is 44.4 Å². The lowest BCUT2D eigenvalue weighted by Crippen LogP contribution is -2.45. The fraction of sp³-hybridized carbons (Fsp3) is 0.500. The number of hydrogen-bond donors (Lipinski definition) is 2. The molecule has 1 fully saturated rings. The molecule has 2 atom stereocenters. The van der Waals surface area contributed by atoms with Crippen LogP contribution in [0.25, 0.3) is 0 Å². The van der Waals surface area contributed by atoms with Gasteiger partial charge in [0.25, 0.3) is 0 Å². The largest absolute Gasteiger partial charge is 0.381 e. The molecule has 0 spiro atoms. The van der Waals surface area contributed by atoms with Crippen molar-refractivity contribution in [2.24, 2.45) is 0 Å². The fourth-order valence-corrected chi connectivity index (χ4v) is 4.65. The number of aryl methyl sites for hydroxylation is 2. The molecule has 0 saturated carbocycles. The van der Waals surface area contributed by atoms with Gasteiger partial charge in [-0.1, -0.05) is 12.1 Å². The van der Waals surface area contributed by atoms with Crippen LogP contribution < -0.4 is 14.9 Å². The number of nitrogens with one attached hydrogen (secondary N) is 2. The van der Waals surface area contributed by atoms with Crippen molar-refractivity contribution in [1.29, 1.82) is 0 Å². The first-order chi connectivity index (χ1) is 14.5. The zero-order chi connectivity index (χ0) is 22.8. The number of hydrogen-bond acceptors (Lipinski definition) is 5. The molecule has 2 unspecified atom stereocenters. The normalized spacial score (nSPS) is 19.5. The van der Waals surface area contributed by atoms with Gasteiger partial charge in [-0.05, 0) is 82.5 Å². The molecule has 0 aromatic heterocycles. The van der Waals surface area contributed by atoms with Crippen LogP contribution in [0.15, 0.2) is 36.4 Å². The first-order valence-corrected chi connectivity index (χ1v) is 12.5. The summed E-state index contributed by atoms with van der Waals surface area (Å²) in [6.45, 7) is 14.3. The summed E-state index contributed by atoms with van der Waals surface area (Å²) in [6.07, 6.45) is 0.463. The second-order valence-electron chi connectivity index (χ2n) is 8.86. The summed E-state index contributed by atoms with van der Waals surface area (Å²) in [7, 11) is -3.33. The highest BCUT2D eigenvalue weighted by molar-refractivity contribution is 7.93. The Kier molecular flexibility index (Phi) is 7.17. The average molecular weight is 446 g/mol. The molecule has 0 amide bonds. The first-order valence-electron chi connectivity index (χ1n) is 10.9. The number of morpholine rings is 1. The number of ether oxygens (including phenoxy) is 1. The molecule has 2 N–H and O–H groups in total. The summed E-state index contributed by atoms with van der Waals surface area (Å²) in [5.41, 5.74) is 6.48. The molecular weight excluding hydrogens is 410 g/mol. The van der Waals surface area contributed by atoms with Crippen LogP contribution >= 0.6 is 0 Å².